The fraction of sp³-hybridized carbons (Fsp3) is 0.143. The first-order valence-electron chi connectivity index (χ1n) is 6.26. The normalized spacial score (nSPS) is 9.75. The minimum Gasteiger partial charge on any atom is -1.00 e. The lowest BCUT2D eigenvalue weighted by Gasteiger charge is -2.02. The number of nitro benzene ring substituents is 2. The molecule has 2 aromatic rings. The smallest absolute Gasteiger partial charge is 0.366 e. The van der Waals surface area contributed by atoms with Crippen LogP contribution in [0.3, 0.4) is 0 Å². The maximum Gasteiger partial charge on any atom is 0.366 e. The van der Waals surface area contributed by atoms with E-state index in [2.05, 4.69) is 0 Å². The van der Waals surface area contributed by atoms with Crippen LogP contribution in [0.2, 0.25) is 0 Å². The molecule has 2 aromatic carbocycles. The van der Waals surface area contributed by atoms with Gasteiger partial charge in [0.1, 0.15) is 0 Å². The number of nitro groups is 2. The van der Waals surface area contributed by atoms with Crippen molar-refractivity contribution in [3.63, 3.8) is 0 Å². The SMILES string of the molecule is COc1ccc([N+](=O)[O-])cc1[I+]c1cc([N+](=O)[O-])ccc1OC.[Br-]. The van der Waals surface area contributed by atoms with Gasteiger partial charge in [-0.1, -0.05) is 0 Å². The number of nitrogens with zero attached hydrogens (tertiary/aromatic N) is 2. The fourth-order valence-electron chi connectivity index (χ4n) is 1.80. The molecule has 0 aliphatic heterocycles. The number of methoxy groups -OCH3 is 2. The van der Waals surface area contributed by atoms with E-state index in [4.69, 9.17) is 9.47 Å². The van der Waals surface area contributed by atoms with E-state index in [1.54, 1.807) is 0 Å². The molecule has 0 aliphatic rings. The van der Waals surface area contributed by atoms with Gasteiger partial charge in [0.05, 0.1) is 36.2 Å². The number of hydrogen-bond donors (Lipinski definition) is 0. The lowest BCUT2D eigenvalue weighted by atomic mass is 10.3. The number of hydrogen-bond acceptors (Lipinski definition) is 6. The lowest BCUT2D eigenvalue weighted by molar-refractivity contribution is -0.599. The van der Waals surface area contributed by atoms with Gasteiger partial charge in [0, 0.05) is 12.1 Å². The van der Waals surface area contributed by atoms with Crippen molar-refractivity contribution in [2.45, 2.75) is 0 Å². The van der Waals surface area contributed by atoms with Crippen LogP contribution in [-0.2, 0) is 0 Å². The molecular formula is C14H12BrIN2O6. The van der Waals surface area contributed by atoms with Crippen molar-refractivity contribution in [1.82, 2.24) is 0 Å². The zero-order valence-corrected chi connectivity index (χ0v) is 16.3. The van der Waals surface area contributed by atoms with Crippen molar-refractivity contribution in [1.29, 1.82) is 0 Å². The molecule has 8 nitrogen and oxygen atoms in total. The monoisotopic (exact) mass is 510 g/mol. The zero-order valence-electron chi connectivity index (χ0n) is 12.6. The van der Waals surface area contributed by atoms with E-state index >= 15 is 0 Å². The first-order valence-corrected chi connectivity index (χ1v) is 8.41. The second-order valence-electron chi connectivity index (χ2n) is 4.25. The Morgan fingerprint density at radius 3 is 1.50 bits per heavy atom. The summed E-state index contributed by atoms with van der Waals surface area (Å²) in [5.74, 6) is 1.02. The minimum absolute atomic E-state index is 0. The Kier molecular flexibility index (Phi) is 7.35. The summed E-state index contributed by atoms with van der Waals surface area (Å²) in [6.07, 6.45) is 0. The van der Waals surface area contributed by atoms with Crippen molar-refractivity contribution in [3.05, 3.63) is 63.8 Å². The molecular weight excluding hydrogens is 499 g/mol. The van der Waals surface area contributed by atoms with Crippen molar-refractivity contribution >= 4 is 11.4 Å². The highest BCUT2D eigenvalue weighted by Gasteiger charge is 2.29. The highest BCUT2D eigenvalue weighted by atomic mass is 127. The molecule has 0 atom stereocenters. The second kappa shape index (κ2) is 8.78. The standard InChI is InChI=1S/C14H12IN2O6.BrH/c1-22-13-5-3-9(16(18)19)7-11(13)15-12-8-10(17(20)21)4-6-14(12)23-2;/h3-8H,1-2H3;1H/q+1;/p-1. The zero-order chi connectivity index (χ0) is 17.0. The molecule has 0 saturated heterocycles. The Bertz CT molecular complexity index is 707. The summed E-state index contributed by atoms with van der Waals surface area (Å²) in [6, 6.07) is 8.64. The predicted octanol–water partition coefficient (Wildman–Crippen LogP) is -3.35. The summed E-state index contributed by atoms with van der Waals surface area (Å²) in [4.78, 5) is 20.9. The van der Waals surface area contributed by atoms with Crippen LogP contribution < -0.4 is 47.7 Å². The molecule has 10 heteroatoms. The van der Waals surface area contributed by atoms with Gasteiger partial charge in [0.25, 0.3) is 11.4 Å². The molecule has 0 spiro atoms. The molecule has 0 aliphatic carbocycles. The van der Waals surface area contributed by atoms with E-state index in [1.165, 1.54) is 50.6 Å². The van der Waals surface area contributed by atoms with Gasteiger partial charge in [0.15, 0.2) is 11.5 Å². The van der Waals surface area contributed by atoms with Gasteiger partial charge < -0.3 is 26.5 Å². The van der Waals surface area contributed by atoms with E-state index in [0.29, 0.717) is 18.6 Å². The molecule has 24 heavy (non-hydrogen) atoms. The van der Waals surface area contributed by atoms with Gasteiger partial charge in [0.2, 0.25) is 7.14 Å². The Morgan fingerprint density at radius 1 is 0.833 bits per heavy atom. The molecule has 0 heterocycles. The molecule has 0 N–H and O–H groups in total. The first kappa shape index (κ1) is 20.1. The Balaban J connectivity index is 0.00000288. The third-order valence-corrected chi connectivity index (χ3v) is 5.74. The van der Waals surface area contributed by atoms with Crippen LogP contribution in [-0.4, -0.2) is 24.1 Å². The van der Waals surface area contributed by atoms with Crippen LogP contribution >= 0.6 is 0 Å². The Hall–Kier alpha value is -1.95. The van der Waals surface area contributed by atoms with Gasteiger partial charge in [-0.05, 0) is 12.1 Å². The van der Waals surface area contributed by atoms with Gasteiger partial charge in [-0.15, -0.1) is 0 Å². The summed E-state index contributed by atoms with van der Waals surface area (Å²) in [5.41, 5.74) is -0.102. The molecule has 0 aromatic heterocycles. The maximum absolute atomic E-state index is 10.9. The summed E-state index contributed by atoms with van der Waals surface area (Å²) in [6.45, 7) is 0. The number of non-ortho nitro benzene ring substituents is 2. The van der Waals surface area contributed by atoms with Crippen molar-refractivity contribution in [3.8, 4) is 11.5 Å². The van der Waals surface area contributed by atoms with E-state index in [0.717, 1.165) is 0 Å². The van der Waals surface area contributed by atoms with Crippen LogP contribution in [0, 0.1) is 27.4 Å². The van der Waals surface area contributed by atoms with E-state index < -0.39 is 31.1 Å². The van der Waals surface area contributed by atoms with Crippen molar-refractivity contribution in [2.24, 2.45) is 0 Å². The number of ether oxygens (including phenoxy) is 2. The molecule has 0 saturated carbocycles. The fourth-order valence-corrected chi connectivity index (χ4v) is 4.70. The average molecular weight is 511 g/mol. The molecule has 0 bridgehead atoms. The van der Waals surface area contributed by atoms with Gasteiger partial charge in [-0.25, -0.2) is 0 Å². The van der Waals surface area contributed by atoms with Crippen LogP contribution in [0.4, 0.5) is 11.4 Å². The van der Waals surface area contributed by atoms with E-state index in [9.17, 15) is 20.2 Å². The van der Waals surface area contributed by atoms with Crippen LogP contribution in [0.1, 0.15) is 0 Å². The van der Waals surface area contributed by atoms with Gasteiger partial charge >= 0.3 is 21.2 Å². The Labute approximate surface area is 158 Å². The van der Waals surface area contributed by atoms with Gasteiger partial charge in [-0.3, -0.25) is 20.2 Å². The van der Waals surface area contributed by atoms with E-state index in [-0.39, 0.29) is 28.4 Å². The third-order valence-electron chi connectivity index (χ3n) is 2.90. The minimum atomic E-state index is -0.971. The maximum atomic E-state index is 10.9. The first-order chi connectivity index (χ1) is 11.0. The molecule has 2 rings (SSSR count). The topological polar surface area (TPSA) is 105 Å². The predicted molar refractivity (Wildman–Crippen MR) is 76.7 cm³/mol. The number of rotatable bonds is 6. The number of halogens is 2. The largest absolute Gasteiger partial charge is 1.00 e. The number of benzene rings is 2. The summed E-state index contributed by atoms with van der Waals surface area (Å²) >= 11 is -0.971. The van der Waals surface area contributed by atoms with Crippen LogP contribution in [0.5, 0.6) is 11.5 Å². The highest BCUT2D eigenvalue weighted by molar-refractivity contribution is 5.37. The highest BCUT2D eigenvalue weighted by Crippen LogP contribution is 2.19. The second-order valence-corrected chi connectivity index (χ2v) is 7.11. The van der Waals surface area contributed by atoms with E-state index in [1.807, 2.05) is 0 Å². The quantitative estimate of drug-likeness (QED) is 0.228. The molecule has 0 unspecified atom stereocenters. The molecule has 0 fully saturated rings. The van der Waals surface area contributed by atoms with Crippen LogP contribution in [0.15, 0.2) is 36.4 Å². The average Bonchev–Trinajstić information content (AvgIpc) is 2.54. The van der Waals surface area contributed by atoms with Gasteiger partial charge in [-0.2, -0.15) is 0 Å². The molecule has 0 amide bonds. The lowest BCUT2D eigenvalue weighted by Crippen LogP contribution is -3.61. The third kappa shape index (κ3) is 4.54. The van der Waals surface area contributed by atoms with Crippen molar-refractivity contribution < 1.29 is 57.5 Å². The molecule has 0 radical (unpaired) electrons. The summed E-state index contributed by atoms with van der Waals surface area (Å²) in [7, 11) is 2.94. The summed E-state index contributed by atoms with van der Waals surface area (Å²) < 4.78 is 11.8. The van der Waals surface area contributed by atoms with Crippen molar-refractivity contribution in [2.75, 3.05) is 14.2 Å². The molecule has 128 valence electrons. The summed E-state index contributed by atoms with van der Waals surface area (Å²) in [5, 5.41) is 21.9. The Morgan fingerprint density at radius 2 is 1.21 bits per heavy atom. The van der Waals surface area contributed by atoms with Crippen LogP contribution in [0.25, 0.3) is 0 Å².